The summed E-state index contributed by atoms with van der Waals surface area (Å²) in [6.07, 6.45) is -1.33. The third-order valence-electron chi connectivity index (χ3n) is 2.86. The number of hydrogen-bond donors (Lipinski definition) is 2. The lowest BCUT2D eigenvalue weighted by atomic mass is 10.2. The molecule has 1 fully saturated rings. The molecule has 2 rings (SSSR count). The van der Waals surface area contributed by atoms with Crippen LogP contribution in [0.1, 0.15) is 0 Å². The van der Waals surface area contributed by atoms with Crippen LogP contribution in [0.25, 0.3) is 0 Å². The molecule has 0 aromatic heterocycles. The summed E-state index contributed by atoms with van der Waals surface area (Å²) in [6, 6.07) is 2.87. The molecule has 0 saturated carbocycles. The van der Waals surface area contributed by atoms with Crippen LogP contribution in [-0.2, 0) is 4.74 Å². The SMILES string of the molecule is O=C(O)Nc1cc(N2CCOCC2)c(I)cc1[N+](=O)[O-]. The van der Waals surface area contributed by atoms with Gasteiger partial charge in [0, 0.05) is 22.7 Å². The van der Waals surface area contributed by atoms with Gasteiger partial charge < -0.3 is 14.7 Å². The summed E-state index contributed by atoms with van der Waals surface area (Å²) < 4.78 is 5.96. The maximum Gasteiger partial charge on any atom is 0.409 e. The average Bonchev–Trinajstić information content (AvgIpc) is 2.40. The summed E-state index contributed by atoms with van der Waals surface area (Å²) in [5.74, 6) is 0. The molecular formula is C11H12IN3O5. The van der Waals surface area contributed by atoms with Crippen molar-refractivity contribution in [3.8, 4) is 0 Å². The van der Waals surface area contributed by atoms with E-state index in [1.165, 1.54) is 12.1 Å². The van der Waals surface area contributed by atoms with Gasteiger partial charge in [0.15, 0.2) is 0 Å². The van der Waals surface area contributed by atoms with Gasteiger partial charge in [0.2, 0.25) is 0 Å². The zero-order chi connectivity index (χ0) is 14.7. The minimum atomic E-state index is -1.33. The Bertz CT molecular complexity index is 545. The number of halogens is 1. The van der Waals surface area contributed by atoms with E-state index >= 15 is 0 Å². The highest BCUT2D eigenvalue weighted by Crippen LogP contribution is 2.34. The van der Waals surface area contributed by atoms with Gasteiger partial charge in [-0.2, -0.15) is 0 Å². The number of nitro groups is 1. The fourth-order valence-electron chi connectivity index (χ4n) is 1.96. The van der Waals surface area contributed by atoms with Gasteiger partial charge in [-0.05, 0) is 28.7 Å². The zero-order valence-electron chi connectivity index (χ0n) is 10.3. The van der Waals surface area contributed by atoms with Crippen LogP contribution in [0.4, 0.5) is 21.9 Å². The van der Waals surface area contributed by atoms with Crippen molar-refractivity contribution in [3.63, 3.8) is 0 Å². The summed E-state index contributed by atoms with van der Waals surface area (Å²) >= 11 is 2.01. The Balaban J connectivity index is 2.42. The number of hydrogen-bond acceptors (Lipinski definition) is 5. The molecule has 1 amide bonds. The van der Waals surface area contributed by atoms with Crippen molar-refractivity contribution in [2.75, 3.05) is 36.5 Å². The molecule has 0 atom stereocenters. The highest BCUT2D eigenvalue weighted by Gasteiger charge is 2.22. The number of rotatable bonds is 3. The smallest absolute Gasteiger partial charge is 0.409 e. The van der Waals surface area contributed by atoms with E-state index in [0.717, 1.165) is 5.69 Å². The van der Waals surface area contributed by atoms with Crippen LogP contribution < -0.4 is 10.2 Å². The Morgan fingerprint density at radius 2 is 2.10 bits per heavy atom. The lowest BCUT2D eigenvalue weighted by molar-refractivity contribution is -0.384. The quantitative estimate of drug-likeness (QED) is 0.463. The lowest BCUT2D eigenvalue weighted by Gasteiger charge is -2.30. The first kappa shape index (κ1) is 14.8. The number of ether oxygens (including phenoxy) is 1. The van der Waals surface area contributed by atoms with Gasteiger partial charge in [-0.3, -0.25) is 15.4 Å². The van der Waals surface area contributed by atoms with E-state index in [2.05, 4.69) is 5.32 Å². The predicted molar refractivity (Wildman–Crippen MR) is 80.5 cm³/mol. The lowest BCUT2D eigenvalue weighted by Crippen LogP contribution is -2.36. The molecule has 0 radical (unpaired) electrons. The molecule has 8 nitrogen and oxygen atoms in total. The summed E-state index contributed by atoms with van der Waals surface area (Å²) in [5, 5.41) is 21.8. The van der Waals surface area contributed by atoms with Crippen molar-refractivity contribution in [2.24, 2.45) is 0 Å². The number of nitro benzene ring substituents is 1. The second kappa shape index (κ2) is 6.22. The molecule has 0 unspecified atom stereocenters. The molecule has 0 aliphatic carbocycles. The van der Waals surface area contributed by atoms with Crippen LogP contribution in [0.2, 0.25) is 0 Å². The number of nitrogens with one attached hydrogen (secondary N) is 1. The van der Waals surface area contributed by atoms with Crippen molar-refractivity contribution >= 4 is 45.7 Å². The summed E-state index contributed by atoms with van der Waals surface area (Å²) in [7, 11) is 0. The first-order chi connectivity index (χ1) is 9.49. The Labute approximate surface area is 128 Å². The topological polar surface area (TPSA) is 105 Å². The van der Waals surface area contributed by atoms with Gasteiger partial charge in [0.05, 0.1) is 23.8 Å². The maximum absolute atomic E-state index is 11.0. The molecule has 20 heavy (non-hydrogen) atoms. The Morgan fingerprint density at radius 3 is 2.65 bits per heavy atom. The number of anilines is 2. The Morgan fingerprint density at radius 1 is 1.45 bits per heavy atom. The van der Waals surface area contributed by atoms with Crippen LogP contribution >= 0.6 is 22.6 Å². The molecular weight excluding hydrogens is 381 g/mol. The van der Waals surface area contributed by atoms with Crippen LogP contribution in [0.15, 0.2) is 12.1 Å². The van der Waals surface area contributed by atoms with Crippen molar-refractivity contribution in [1.82, 2.24) is 0 Å². The second-order valence-electron chi connectivity index (χ2n) is 4.11. The molecule has 1 aliphatic rings. The normalized spacial score (nSPS) is 14.9. The fourth-order valence-corrected chi connectivity index (χ4v) is 2.76. The van der Waals surface area contributed by atoms with Gasteiger partial charge in [-0.25, -0.2) is 4.79 Å². The minimum Gasteiger partial charge on any atom is -0.465 e. The molecule has 108 valence electrons. The van der Waals surface area contributed by atoms with Gasteiger partial charge in [-0.15, -0.1) is 0 Å². The zero-order valence-corrected chi connectivity index (χ0v) is 12.5. The molecule has 1 aliphatic heterocycles. The van der Waals surface area contributed by atoms with Crippen LogP contribution in [-0.4, -0.2) is 42.4 Å². The van der Waals surface area contributed by atoms with E-state index in [4.69, 9.17) is 9.84 Å². The number of morpholine rings is 1. The van der Waals surface area contributed by atoms with Gasteiger partial charge in [0.25, 0.3) is 5.69 Å². The number of amides is 1. The number of benzene rings is 1. The third kappa shape index (κ3) is 3.28. The van der Waals surface area contributed by atoms with Crippen molar-refractivity contribution in [1.29, 1.82) is 0 Å². The number of carboxylic acid groups (broad SMARTS) is 1. The fraction of sp³-hybridized carbons (Fsp3) is 0.364. The van der Waals surface area contributed by atoms with Gasteiger partial charge in [0.1, 0.15) is 5.69 Å². The van der Waals surface area contributed by atoms with E-state index in [1.807, 2.05) is 27.5 Å². The van der Waals surface area contributed by atoms with Crippen LogP contribution in [0.3, 0.4) is 0 Å². The molecule has 0 spiro atoms. The van der Waals surface area contributed by atoms with Crippen molar-refractivity contribution in [2.45, 2.75) is 0 Å². The first-order valence-corrected chi connectivity index (χ1v) is 6.87. The molecule has 1 saturated heterocycles. The Hall–Kier alpha value is -1.62. The third-order valence-corrected chi connectivity index (χ3v) is 3.72. The summed E-state index contributed by atoms with van der Waals surface area (Å²) in [4.78, 5) is 23.1. The minimum absolute atomic E-state index is 0.0237. The first-order valence-electron chi connectivity index (χ1n) is 5.79. The maximum atomic E-state index is 11.0. The molecule has 1 aromatic rings. The molecule has 1 aromatic carbocycles. The second-order valence-corrected chi connectivity index (χ2v) is 5.27. The van der Waals surface area contributed by atoms with Gasteiger partial charge >= 0.3 is 6.09 Å². The monoisotopic (exact) mass is 393 g/mol. The van der Waals surface area contributed by atoms with E-state index in [1.54, 1.807) is 0 Å². The molecule has 1 heterocycles. The predicted octanol–water partition coefficient (Wildman–Crippen LogP) is 2.13. The summed E-state index contributed by atoms with van der Waals surface area (Å²) in [5.41, 5.74) is 0.487. The van der Waals surface area contributed by atoms with Gasteiger partial charge in [-0.1, -0.05) is 0 Å². The van der Waals surface area contributed by atoms with Crippen LogP contribution in [0, 0.1) is 13.7 Å². The average molecular weight is 393 g/mol. The largest absolute Gasteiger partial charge is 0.465 e. The van der Waals surface area contributed by atoms with Crippen molar-refractivity contribution < 1.29 is 19.6 Å². The number of carbonyl (C=O) groups is 1. The molecule has 0 bridgehead atoms. The van der Waals surface area contributed by atoms with E-state index in [-0.39, 0.29) is 11.4 Å². The molecule has 9 heteroatoms. The highest BCUT2D eigenvalue weighted by molar-refractivity contribution is 14.1. The molecule has 2 N–H and O–H groups in total. The van der Waals surface area contributed by atoms with E-state index < -0.39 is 11.0 Å². The summed E-state index contributed by atoms with van der Waals surface area (Å²) in [6.45, 7) is 2.49. The highest BCUT2D eigenvalue weighted by atomic mass is 127. The Kier molecular flexibility index (Phi) is 4.60. The van der Waals surface area contributed by atoms with E-state index in [9.17, 15) is 14.9 Å². The van der Waals surface area contributed by atoms with Crippen LogP contribution in [0.5, 0.6) is 0 Å². The van der Waals surface area contributed by atoms with Crippen molar-refractivity contribution in [3.05, 3.63) is 25.8 Å². The number of nitrogens with zero attached hydrogens (tertiary/aromatic N) is 2. The standard InChI is InChI=1S/C11H12IN3O5/c12-7-5-10(15(18)19)8(13-11(16)17)6-9(7)14-1-3-20-4-2-14/h5-6,13H,1-4H2,(H,16,17). The van der Waals surface area contributed by atoms with E-state index in [0.29, 0.717) is 29.9 Å².